The Bertz CT molecular complexity index is 1330. The first-order valence-electron chi connectivity index (χ1n) is 12.1. The van der Waals surface area contributed by atoms with Crippen molar-refractivity contribution in [2.45, 2.75) is 29.3 Å². The average molecular weight is 505 g/mol. The molecule has 2 heterocycles. The van der Waals surface area contributed by atoms with E-state index >= 15 is 0 Å². The van der Waals surface area contributed by atoms with Crippen molar-refractivity contribution in [3.05, 3.63) is 83.4 Å². The molecule has 3 aromatic carbocycles. The molecular formula is C28H28N2O7. The van der Waals surface area contributed by atoms with Gasteiger partial charge in [-0.25, -0.2) is 4.79 Å². The van der Waals surface area contributed by atoms with Gasteiger partial charge < -0.3 is 39.8 Å². The first-order valence-corrected chi connectivity index (χ1v) is 12.1. The van der Waals surface area contributed by atoms with E-state index in [-0.39, 0.29) is 0 Å². The molecule has 9 nitrogen and oxygen atoms in total. The summed E-state index contributed by atoms with van der Waals surface area (Å²) in [7, 11) is 3.11. The van der Waals surface area contributed by atoms with E-state index in [0.717, 1.165) is 5.56 Å². The Morgan fingerprint density at radius 1 is 1.03 bits per heavy atom. The summed E-state index contributed by atoms with van der Waals surface area (Å²) in [5.41, 5.74) is 4.42. The third-order valence-electron chi connectivity index (χ3n) is 7.60. The summed E-state index contributed by atoms with van der Waals surface area (Å²) in [6.07, 6.45) is -1.55. The number of ether oxygens (including phenoxy) is 5. The molecule has 3 aliphatic rings. The standard InChI is InChI=1S/C28H28N2O7/c1-33-18-10-8-17(9-11-18)28-22(16-6-4-3-5-7-16)24-25(36-26(31)30-24)27(28,32)23-20(34-2)14-19(35-13-12-29)15-21(23)37-28/h3-11,14-15,22,24-25,32H,12-13,29H2,1-2H3,(H,30,31). The maximum absolute atomic E-state index is 12.9. The lowest BCUT2D eigenvalue weighted by molar-refractivity contribution is -0.147. The number of carbonyl (C=O) groups excluding carboxylic acids is 1. The summed E-state index contributed by atoms with van der Waals surface area (Å²) >= 11 is 0. The van der Waals surface area contributed by atoms with Crippen LogP contribution in [0.5, 0.6) is 23.0 Å². The molecule has 1 aliphatic carbocycles. The van der Waals surface area contributed by atoms with Crippen molar-refractivity contribution in [2.24, 2.45) is 5.73 Å². The zero-order valence-electron chi connectivity index (χ0n) is 20.5. The molecule has 2 fully saturated rings. The minimum atomic E-state index is -1.81. The molecule has 1 saturated heterocycles. The van der Waals surface area contributed by atoms with Crippen molar-refractivity contribution in [1.82, 2.24) is 5.32 Å². The van der Waals surface area contributed by atoms with E-state index in [1.54, 1.807) is 19.2 Å². The Kier molecular flexibility index (Phi) is 5.43. The fourth-order valence-electron chi connectivity index (χ4n) is 6.22. The van der Waals surface area contributed by atoms with Gasteiger partial charge in [0, 0.05) is 18.7 Å². The van der Waals surface area contributed by atoms with Crippen molar-refractivity contribution in [2.75, 3.05) is 27.4 Å². The van der Waals surface area contributed by atoms with Crippen LogP contribution in [-0.2, 0) is 15.9 Å². The van der Waals surface area contributed by atoms with Gasteiger partial charge in [-0.05, 0) is 23.3 Å². The highest BCUT2D eigenvalue weighted by Gasteiger charge is 2.80. The van der Waals surface area contributed by atoms with Gasteiger partial charge >= 0.3 is 6.09 Å². The summed E-state index contributed by atoms with van der Waals surface area (Å²) in [6, 6.07) is 19.9. The van der Waals surface area contributed by atoms with Gasteiger partial charge in [0.1, 0.15) is 29.6 Å². The van der Waals surface area contributed by atoms with E-state index < -0.39 is 35.4 Å². The van der Waals surface area contributed by atoms with Crippen molar-refractivity contribution >= 4 is 6.09 Å². The molecular weight excluding hydrogens is 476 g/mol. The number of nitrogens with two attached hydrogens (primary N) is 1. The third kappa shape index (κ3) is 3.14. The number of rotatable bonds is 7. The second-order valence-corrected chi connectivity index (χ2v) is 9.35. The molecule has 1 amide bonds. The minimum Gasteiger partial charge on any atom is -0.497 e. The van der Waals surface area contributed by atoms with Gasteiger partial charge in [0.2, 0.25) is 0 Å². The van der Waals surface area contributed by atoms with E-state index in [9.17, 15) is 9.90 Å². The maximum atomic E-state index is 12.9. The molecule has 5 unspecified atom stereocenters. The Morgan fingerprint density at radius 3 is 2.46 bits per heavy atom. The van der Waals surface area contributed by atoms with Crippen LogP contribution in [0.2, 0.25) is 0 Å². The maximum Gasteiger partial charge on any atom is 0.407 e. The van der Waals surface area contributed by atoms with Gasteiger partial charge in [-0.1, -0.05) is 42.5 Å². The van der Waals surface area contributed by atoms with Gasteiger partial charge in [0.25, 0.3) is 0 Å². The second kappa shape index (κ2) is 8.57. The molecule has 0 radical (unpaired) electrons. The molecule has 0 aromatic heterocycles. The van der Waals surface area contributed by atoms with Crippen molar-refractivity contribution in [3.8, 4) is 23.0 Å². The van der Waals surface area contributed by atoms with Crippen LogP contribution in [0.4, 0.5) is 4.79 Å². The molecule has 192 valence electrons. The lowest BCUT2D eigenvalue weighted by atomic mass is 9.71. The predicted molar refractivity (Wildman–Crippen MR) is 133 cm³/mol. The molecule has 9 heteroatoms. The highest BCUT2D eigenvalue weighted by molar-refractivity contribution is 5.74. The van der Waals surface area contributed by atoms with Crippen LogP contribution in [0.3, 0.4) is 0 Å². The first-order chi connectivity index (χ1) is 18.0. The van der Waals surface area contributed by atoms with Gasteiger partial charge in [-0.15, -0.1) is 0 Å². The van der Waals surface area contributed by atoms with E-state index in [1.165, 1.54) is 7.11 Å². The van der Waals surface area contributed by atoms with Gasteiger partial charge in [0.15, 0.2) is 17.3 Å². The Balaban J connectivity index is 1.64. The molecule has 2 aliphatic heterocycles. The monoisotopic (exact) mass is 504 g/mol. The largest absolute Gasteiger partial charge is 0.497 e. The van der Waals surface area contributed by atoms with Crippen LogP contribution in [0, 0.1) is 0 Å². The zero-order valence-corrected chi connectivity index (χ0v) is 20.5. The van der Waals surface area contributed by atoms with Crippen molar-refractivity contribution < 1.29 is 33.6 Å². The number of benzene rings is 3. The average Bonchev–Trinajstić information content (AvgIpc) is 3.49. The zero-order chi connectivity index (χ0) is 25.8. The number of hydrogen-bond donors (Lipinski definition) is 3. The summed E-state index contributed by atoms with van der Waals surface area (Å²) < 4.78 is 29.6. The molecule has 0 spiro atoms. The molecule has 37 heavy (non-hydrogen) atoms. The van der Waals surface area contributed by atoms with Gasteiger partial charge in [0.05, 0.1) is 31.7 Å². The summed E-state index contributed by atoms with van der Waals surface area (Å²) in [5, 5.41) is 15.8. The minimum absolute atomic E-state index is 0.300. The Hall–Kier alpha value is -3.95. The molecule has 0 bridgehead atoms. The molecule has 3 aromatic rings. The fourth-order valence-corrected chi connectivity index (χ4v) is 6.22. The summed E-state index contributed by atoms with van der Waals surface area (Å²) in [6.45, 7) is 0.635. The number of nitrogens with one attached hydrogen (secondary N) is 1. The van der Waals surface area contributed by atoms with E-state index in [2.05, 4.69) is 5.32 Å². The molecule has 6 rings (SSSR count). The van der Waals surface area contributed by atoms with Crippen LogP contribution < -0.4 is 30.0 Å². The normalized spacial score (nSPS) is 28.9. The summed E-state index contributed by atoms with van der Waals surface area (Å²) in [5.74, 6) is 1.37. The van der Waals surface area contributed by atoms with Crippen molar-refractivity contribution in [1.29, 1.82) is 0 Å². The predicted octanol–water partition coefficient (Wildman–Crippen LogP) is 2.79. The highest BCUT2D eigenvalue weighted by Crippen LogP contribution is 2.69. The van der Waals surface area contributed by atoms with Crippen LogP contribution in [0.15, 0.2) is 66.7 Å². The molecule has 1 saturated carbocycles. The lowest BCUT2D eigenvalue weighted by Gasteiger charge is -2.41. The SMILES string of the molecule is COc1ccc(C23Oc4cc(OCCN)cc(OC)c4C2(O)C2OC(=O)NC2C3c2ccccc2)cc1. The number of alkyl carbamates (subject to hydrolysis) is 1. The van der Waals surface area contributed by atoms with E-state index in [4.69, 9.17) is 29.4 Å². The fraction of sp³-hybridized carbons (Fsp3) is 0.321. The smallest absolute Gasteiger partial charge is 0.407 e. The number of hydrogen-bond acceptors (Lipinski definition) is 8. The van der Waals surface area contributed by atoms with Crippen LogP contribution in [0.25, 0.3) is 0 Å². The topological polar surface area (TPSA) is 122 Å². The number of carbonyl (C=O) groups is 1. The lowest BCUT2D eigenvalue weighted by Crippen LogP contribution is -2.52. The van der Waals surface area contributed by atoms with E-state index in [0.29, 0.717) is 47.3 Å². The number of amides is 1. The Morgan fingerprint density at radius 2 is 1.78 bits per heavy atom. The highest BCUT2D eigenvalue weighted by atomic mass is 16.6. The van der Waals surface area contributed by atoms with Crippen LogP contribution >= 0.6 is 0 Å². The molecule has 5 atom stereocenters. The Labute approximate surface area is 214 Å². The molecule has 4 N–H and O–H groups in total. The number of fused-ring (bicyclic) bond motifs is 5. The third-order valence-corrected chi connectivity index (χ3v) is 7.60. The number of methoxy groups -OCH3 is 2. The van der Waals surface area contributed by atoms with E-state index in [1.807, 2.05) is 54.6 Å². The summed E-state index contributed by atoms with van der Waals surface area (Å²) in [4.78, 5) is 12.6. The van der Waals surface area contributed by atoms with Crippen LogP contribution in [0.1, 0.15) is 22.6 Å². The first kappa shape index (κ1) is 23.4. The van der Waals surface area contributed by atoms with Gasteiger partial charge in [-0.3, -0.25) is 0 Å². The number of aliphatic hydroxyl groups is 1. The van der Waals surface area contributed by atoms with Gasteiger partial charge in [-0.2, -0.15) is 0 Å². The van der Waals surface area contributed by atoms with Crippen LogP contribution in [-0.4, -0.2) is 50.7 Å². The van der Waals surface area contributed by atoms with Crippen molar-refractivity contribution in [3.63, 3.8) is 0 Å². The second-order valence-electron chi connectivity index (χ2n) is 9.35. The quantitative estimate of drug-likeness (QED) is 0.449.